The fraction of sp³-hybridized carbons (Fsp3) is 0.222. The second kappa shape index (κ2) is 5.76. The number of amides is 2. The van der Waals surface area contributed by atoms with Crippen LogP contribution in [-0.4, -0.2) is 23.0 Å². The monoisotopic (exact) mass is 310 g/mol. The standard InChI is InChI=1S/C18H18N2O3/c1-11-3-8-16(12(2)9-11)20-17(22)10-15(18(20)23)19-13-4-6-14(21)7-5-13/h3-9,15,19,21H,10H2,1-2H3/t15-/m1/s1. The van der Waals surface area contributed by atoms with Crippen LogP contribution >= 0.6 is 0 Å². The number of nitrogens with one attached hydrogen (secondary N) is 1. The van der Waals surface area contributed by atoms with Gasteiger partial charge in [0.2, 0.25) is 5.91 Å². The highest BCUT2D eigenvalue weighted by molar-refractivity contribution is 6.23. The molecule has 3 rings (SSSR count). The number of hydrogen-bond donors (Lipinski definition) is 2. The summed E-state index contributed by atoms with van der Waals surface area (Å²) in [5, 5.41) is 12.4. The lowest BCUT2D eigenvalue weighted by Crippen LogP contribution is -2.35. The van der Waals surface area contributed by atoms with Gasteiger partial charge in [0.1, 0.15) is 11.8 Å². The number of carbonyl (C=O) groups excluding carboxylic acids is 2. The van der Waals surface area contributed by atoms with Crippen molar-refractivity contribution in [3.8, 4) is 5.75 Å². The Labute approximate surface area is 134 Å². The summed E-state index contributed by atoms with van der Waals surface area (Å²) in [5.74, 6) is -0.311. The van der Waals surface area contributed by atoms with Gasteiger partial charge in [-0.1, -0.05) is 17.7 Å². The van der Waals surface area contributed by atoms with Gasteiger partial charge in [-0.15, -0.1) is 0 Å². The number of hydrogen-bond acceptors (Lipinski definition) is 4. The first-order chi connectivity index (χ1) is 11.0. The fourth-order valence-corrected chi connectivity index (χ4v) is 2.81. The zero-order valence-electron chi connectivity index (χ0n) is 13.0. The maximum atomic E-state index is 12.6. The predicted molar refractivity (Wildman–Crippen MR) is 88.5 cm³/mol. The van der Waals surface area contributed by atoms with E-state index >= 15 is 0 Å². The molecule has 0 bridgehead atoms. The molecular formula is C18H18N2O3. The highest BCUT2D eigenvalue weighted by Crippen LogP contribution is 2.28. The van der Waals surface area contributed by atoms with Gasteiger partial charge in [-0.2, -0.15) is 0 Å². The van der Waals surface area contributed by atoms with Gasteiger partial charge in [0.15, 0.2) is 0 Å². The molecule has 1 atom stereocenters. The number of aryl methyl sites for hydroxylation is 2. The number of aromatic hydroxyl groups is 1. The van der Waals surface area contributed by atoms with Crippen LogP contribution < -0.4 is 10.2 Å². The molecule has 0 spiro atoms. The maximum absolute atomic E-state index is 12.6. The summed E-state index contributed by atoms with van der Waals surface area (Å²) in [7, 11) is 0. The lowest BCUT2D eigenvalue weighted by molar-refractivity contribution is -0.121. The second-order valence-electron chi connectivity index (χ2n) is 5.81. The molecule has 23 heavy (non-hydrogen) atoms. The third-order valence-corrected chi connectivity index (χ3v) is 3.95. The van der Waals surface area contributed by atoms with Crippen LogP contribution in [0.5, 0.6) is 5.75 Å². The number of imide groups is 1. The third-order valence-electron chi connectivity index (χ3n) is 3.95. The van der Waals surface area contributed by atoms with Crippen LogP contribution in [0.4, 0.5) is 11.4 Å². The number of nitrogens with zero attached hydrogens (tertiary/aromatic N) is 1. The third kappa shape index (κ3) is 2.90. The molecule has 1 heterocycles. The van der Waals surface area contributed by atoms with Gasteiger partial charge in [0, 0.05) is 5.69 Å². The molecule has 2 aromatic rings. The molecule has 5 nitrogen and oxygen atoms in total. The Balaban J connectivity index is 1.83. The highest BCUT2D eigenvalue weighted by Gasteiger charge is 2.40. The smallest absolute Gasteiger partial charge is 0.256 e. The molecule has 2 aromatic carbocycles. The van der Waals surface area contributed by atoms with Crippen molar-refractivity contribution in [2.75, 3.05) is 10.2 Å². The molecule has 1 aliphatic heterocycles. The van der Waals surface area contributed by atoms with E-state index < -0.39 is 6.04 Å². The van der Waals surface area contributed by atoms with Crippen LogP contribution in [0.1, 0.15) is 17.5 Å². The Hall–Kier alpha value is -2.82. The van der Waals surface area contributed by atoms with E-state index in [-0.39, 0.29) is 24.0 Å². The summed E-state index contributed by atoms with van der Waals surface area (Å²) >= 11 is 0. The van der Waals surface area contributed by atoms with Crippen LogP contribution in [0, 0.1) is 13.8 Å². The average Bonchev–Trinajstić information content (AvgIpc) is 2.77. The zero-order chi connectivity index (χ0) is 16.6. The molecule has 0 radical (unpaired) electrons. The molecule has 2 amide bonds. The van der Waals surface area contributed by atoms with Gasteiger partial charge in [0.25, 0.3) is 5.91 Å². The van der Waals surface area contributed by atoms with Crippen LogP contribution in [-0.2, 0) is 9.59 Å². The quantitative estimate of drug-likeness (QED) is 0.675. The number of benzene rings is 2. The molecular weight excluding hydrogens is 292 g/mol. The summed E-state index contributed by atoms with van der Waals surface area (Å²) in [5.41, 5.74) is 3.32. The van der Waals surface area contributed by atoms with Crippen LogP contribution in [0.2, 0.25) is 0 Å². The van der Waals surface area contributed by atoms with Crippen LogP contribution in [0.25, 0.3) is 0 Å². The minimum Gasteiger partial charge on any atom is -0.508 e. The van der Waals surface area contributed by atoms with Gasteiger partial charge in [-0.3, -0.25) is 9.59 Å². The minimum atomic E-state index is -0.590. The maximum Gasteiger partial charge on any atom is 0.256 e. The molecule has 118 valence electrons. The topological polar surface area (TPSA) is 69.6 Å². The van der Waals surface area contributed by atoms with Crippen molar-refractivity contribution in [3.05, 3.63) is 53.6 Å². The number of phenolic OH excluding ortho intramolecular Hbond substituents is 1. The van der Waals surface area contributed by atoms with E-state index in [1.54, 1.807) is 12.1 Å². The lowest BCUT2D eigenvalue weighted by Gasteiger charge is -2.18. The highest BCUT2D eigenvalue weighted by atomic mass is 16.3. The first-order valence-electron chi connectivity index (χ1n) is 7.45. The zero-order valence-corrected chi connectivity index (χ0v) is 13.0. The summed E-state index contributed by atoms with van der Waals surface area (Å²) in [6, 6.07) is 11.5. The molecule has 0 saturated carbocycles. The van der Waals surface area contributed by atoms with E-state index in [0.29, 0.717) is 11.4 Å². The van der Waals surface area contributed by atoms with Crippen molar-refractivity contribution in [2.24, 2.45) is 0 Å². The Morgan fingerprint density at radius 3 is 2.43 bits per heavy atom. The molecule has 0 aliphatic carbocycles. The normalized spacial score (nSPS) is 17.7. The molecule has 1 aliphatic rings. The van der Waals surface area contributed by atoms with Crippen molar-refractivity contribution < 1.29 is 14.7 Å². The van der Waals surface area contributed by atoms with Crippen molar-refractivity contribution in [1.29, 1.82) is 0 Å². The fourth-order valence-electron chi connectivity index (χ4n) is 2.81. The van der Waals surface area contributed by atoms with Crippen molar-refractivity contribution in [3.63, 3.8) is 0 Å². The van der Waals surface area contributed by atoms with E-state index in [9.17, 15) is 14.7 Å². The minimum absolute atomic E-state index is 0.118. The first kappa shape index (κ1) is 15.1. The number of phenols is 1. The molecule has 0 unspecified atom stereocenters. The molecule has 5 heteroatoms. The van der Waals surface area contributed by atoms with Crippen molar-refractivity contribution in [1.82, 2.24) is 0 Å². The molecule has 2 N–H and O–H groups in total. The Morgan fingerprint density at radius 1 is 1.09 bits per heavy atom. The van der Waals surface area contributed by atoms with Gasteiger partial charge in [-0.05, 0) is 49.7 Å². The van der Waals surface area contributed by atoms with Crippen LogP contribution in [0.3, 0.4) is 0 Å². The van der Waals surface area contributed by atoms with Gasteiger partial charge < -0.3 is 10.4 Å². The van der Waals surface area contributed by atoms with E-state index in [4.69, 9.17) is 0 Å². The number of carbonyl (C=O) groups is 2. The second-order valence-corrected chi connectivity index (χ2v) is 5.81. The van der Waals surface area contributed by atoms with Gasteiger partial charge in [-0.25, -0.2) is 4.90 Å². The summed E-state index contributed by atoms with van der Waals surface area (Å²) in [6.07, 6.45) is 0.118. The van der Waals surface area contributed by atoms with Gasteiger partial charge >= 0.3 is 0 Å². The van der Waals surface area contributed by atoms with E-state index in [0.717, 1.165) is 11.1 Å². The Kier molecular flexibility index (Phi) is 3.78. The Morgan fingerprint density at radius 2 is 1.78 bits per heavy atom. The molecule has 0 aromatic heterocycles. The van der Waals surface area contributed by atoms with E-state index in [1.165, 1.54) is 17.0 Å². The molecule has 1 saturated heterocycles. The summed E-state index contributed by atoms with van der Waals surface area (Å²) < 4.78 is 0. The Bertz CT molecular complexity index is 768. The largest absolute Gasteiger partial charge is 0.508 e. The van der Waals surface area contributed by atoms with E-state index in [2.05, 4.69) is 5.32 Å². The van der Waals surface area contributed by atoms with Crippen molar-refractivity contribution >= 4 is 23.2 Å². The first-order valence-corrected chi connectivity index (χ1v) is 7.45. The van der Waals surface area contributed by atoms with E-state index in [1.807, 2.05) is 32.0 Å². The van der Waals surface area contributed by atoms with Crippen LogP contribution in [0.15, 0.2) is 42.5 Å². The summed E-state index contributed by atoms with van der Waals surface area (Å²) in [4.78, 5) is 26.2. The van der Waals surface area contributed by atoms with Crippen molar-refractivity contribution in [2.45, 2.75) is 26.3 Å². The SMILES string of the molecule is Cc1ccc(N2C(=O)C[C@@H](Nc3ccc(O)cc3)C2=O)c(C)c1. The summed E-state index contributed by atoms with van der Waals surface area (Å²) in [6.45, 7) is 3.86. The molecule has 1 fully saturated rings. The number of rotatable bonds is 3. The lowest BCUT2D eigenvalue weighted by atomic mass is 10.1. The predicted octanol–water partition coefficient (Wildman–Crippen LogP) is 2.75. The number of anilines is 2. The van der Waals surface area contributed by atoms with Gasteiger partial charge in [0.05, 0.1) is 12.1 Å². The average molecular weight is 310 g/mol.